The predicted molar refractivity (Wildman–Crippen MR) is 81.7 cm³/mol. The molecule has 1 unspecified atom stereocenters. The first-order valence-corrected chi connectivity index (χ1v) is 7.59. The van der Waals surface area contributed by atoms with E-state index in [1.807, 2.05) is 35.7 Å². The second-order valence-corrected chi connectivity index (χ2v) is 6.36. The van der Waals surface area contributed by atoms with Crippen LogP contribution in [0.2, 0.25) is 0 Å². The van der Waals surface area contributed by atoms with Crippen LogP contribution >= 0.6 is 43.2 Å². The lowest BCUT2D eigenvalue weighted by Crippen LogP contribution is -2.27. The molecular weight excluding hydrogens is 380 g/mol. The molecule has 0 saturated heterocycles. The van der Waals surface area contributed by atoms with E-state index in [0.29, 0.717) is 5.69 Å². The molecule has 1 aromatic carbocycles. The zero-order valence-electron chi connectivity index (χ0n) is 9.19. The van der Waals surface area contributed by atoms with E-state index in [2.05, 4.69) is 37.2 Å². The van der Waals surface area contributed by atoms with E-state index in [4.69, 9.17) is 5.73 Å². The number of thiophene rings is 1. The van der Waals surface area contributed by atoms with Gasteiger partial charge in [-0.05, 0) is 45.6 Å². The Bertz CT molecular complexity index is 557. The third-order valence-corrected chi connectivity index (χ3v) is 4.46. The minimum Gasteiger partial charge on any atom is -0.323 e. The van der Waals surface area contributed by atoms with E-state index < -0.39 is 6.04 Å². The SMILES string of the molecule is NC(C(=O)Nc1cc(Br)ccc1Br)c1cccs1. The Morgan fingerprint density at radius 2 is 2.11 bits per heavy atom. The number of amides is 1. The number of carbonyl (C=O) groups excluding carboxylic acids is 1. The molecule has 1 aromatic heterocycles. The van der Waals surface area contributed by atoms with E-state index in [-0.39, 0.29) is 5.91 Å². The number of halogens is 2. The largest absolute Gasteiger partial charge is 0.323 e. The van der Waals surface area contributed by atoms with Gasteiger partial charge >= 0.3 is 0 Å². The first-order valence-electron chi connectivity index (χ1n) is 5.13. The highest BCUT2D eigenvalue weighted by Gasteiger charge is 2.17. The van der Waals surface area contributed by atoms with Crippen LogP contribution in [-0.4, -0.2) is 5.91 Å². The Morgan fingerprint density at radius 3 is 2.78 bits per heavy atom. The van der Waals surface area contributed by atoms with Gasteiger partial charge in [0.15, 0.2) is 0 Å². The fourth-order valence-corrected chi connectivity index (χ4v) is 2.83. The zero-order chi connectivity index (χ0) is 13.1. The van der Waals surface area contributed by atoms with Crippen LogP contribution in [0.1, 0.15) is 10.9 Å². The van der Waals surface area contributed by atoms with Crippen molar-refractivity contribution >= 4 is 54.8 Å². The van der Waals surface area contributed by atoms with Gasteiger partial charge in [0.25, 0.3) is 0 Å². The maximum absolute atomic E-state index is 12.0. The van der Waals surface area contributed by atoms with Gasteiger partial charge in [-0.2, -0.15) is 0 Å². The quantitative estimate of drug-likeness (QED) is 0.835. The van der Waals surface area contributed by atoms with Gasteiger partial charge < -0.3 is 11.1 Å². The second-order valence-electron chi connectivity index (χ2n) is 3.61. The molecule has 3 nitrogen and oxygen atoms in total. The Labute approximate surface area is 126 Å². The highest BCUT2D eigenvalue weighted by atomic mass is 79.9. The van der Waals surface area contributed by atoms with Crippen molar-refractivity contribution in [3.05, 3.63) is 49.5 Å². The number of nitrogens with two attached hydrogens (primary N) is 1. The molecule has 0 bridgehead atoms. The summed E-state index contributed by atoms with van der Waals surface area (Å²) in [6.45, 7) is 0. The Hall–Kier alpha value is -0.690. The van der Waals surface area contributed by atoms with Gasteiger partial charge in [0, 0.05) is 13.8 Å². The lowest BCUT2D eigenvalue weighted by molar-refractivity contribution is -0.117. The molecule has 0 aliphatic heterocycles. The molecule has 6 heteroatoms. The van der Waals surface area contributed by atoms with Crippen LogP contribution in [-0.2, 0) is 4.79 Å². The first-order chi connectivity index (χ1) is 8.58. The maximum atomic E-state index is 12.0. The Kier molecular flexibility index (Phi) is 4.55. The molecule has 0 saturated carbocycles. The molecule has 0 fully saturated rings. The van der Waals surface area contributed by atoms with E-state index in [1.165, 1.54) is 11.3 Å². The van der Waals surface area contributed by atoms with Gasteiger partial charge in [-0.15, -0.1) is 11.3 Å². The van der Waals surface area contributed by atoms with E-state index >= 15 is 0 Å². The van der Waals surface area contributed by atoms with E-state index in [9.17, 15) is 4.79 Å². The molecule has 0 spiro atoms. The molecule has 0 radical (unpaired) electrons. The normalized spacial score (nSPS) is 12.2. The van der Waals surface area contributed by atoms with Crippen LogP contribution in [0.15, 0.2) is 44.7 Å². The van der Waals surface area contributed by atoms with E-state index in [1.54, 1.807) is 0 Å². The van der Waals surface area contributed by atoms with Crippen LogP contribution < -0.4 is 11.1 Å². The average Bonchev–Trinajstić information content (AvgIpc) is 2.86. The molecule has 94 valence electrons. The monoisotopic (exact) mass is 388 g/mol. The van der Waals surface area contributed by atoms with Crippen molar-refractivity contribution in [1.29, 1.82) is 0 Å². The van der Waals surface area contributed by atoms with Crippen LogP contribution in [0.3, 0.4) is 0 Å². The second kappa shape index (κ2) is 5.97. The minimum absolute atomic E-state index is 0.226. The van der Waals surface area contributed by atoms with Gasteiger partial charge in [0.05, 0.1) is 5.69 Å². The third-order valence-electron chi connectivity index (χ3n) is 2.32. The molecule has 2 rings (SSSR count). The average molecular weight is 390 g/mol. The summed E-state index contributed by atoms with van der Waals surface area (Å²) in [6.07, 6.45) is 0. The minimum atomic E-state index is -0.643. The van der Waals surface area contributed by atoms with Crippen LogP contribution in [0.4, 0.5) is 5.69 Å². The highest BCUT2D eigenvalue weighted by molar-refractivity contribution is 9.11. The number of nitrogens with one attached hydrogen (secondary N) is 1. The Balaban J connectivity index is 2.14. The molecule has 1 atom stereocenters. The maximum Gasteiger partial charge on any atom is 0.246 e. The molecule has 0 aliphatic carbocycles. The topological polar surface area (TPSA) is 55.1 Å². The predicted octanol–water partition coefficient (Wildman–Crippen LogP) is 3.91. The molecule has 1 heterocycles. The van der Waals surface area contributed by atoms with Crippen molar-refractivity contribution < 1.29 is 4.79 Å². The molecule has 18 heavy (non-hydrogen) atoms. The molecule has 2 aromatic rings. The molecule has 0 aliphatic rings. The summed E-state index contributed by atoms with van der Waals surface area (Å²) in [5.41, 5.74) is 6.59. The first kappa shape index (κ1) is 13.7. The molecule has 1 amide bonds. The number of rotatable bonds is 3. The summed E-state index contributed by atoms with van der Waals surface area (Å²) in [5, 5.41) is 4.71. The van der Waals surface area contributed by atoms with Gasteiger partial charge in [0.2, 0.25) is 5.91 Å². The van der Waals surface area contributed by atoms with Crippen LogP contribution in [0.25, 0.3) is 0 Å². The lowest BCUT2D eigenvalue weighted by atomic mass is 10.2. The smallest absolute Gasteiger partial charge is 0.246 e. The number of carbonyl (C=O) groups is 1. The van der Waals surface area contributed by atoms with Crippen molar-refractivity contribution in [3.63, 3.8) is 0 Å². The van der Waals surface area contributed by atoms with Gasteiger partial charge in [0.1, 0.15) is 6.04 Å². The van der Waals surface area contributed by atoms with Gasteiger partial charge in [-0.1, -0.05) is 22.0 Å². The summed E-state index contributed by atoms with van der Waals surface area (Å²) in [6, 6.07) is 8.65. The number of hydrogen-bond donors (Lipinski definition) is 2. The molecular formula is C12H10Br2N2OS. The molecule has 3 N–H and O–H groups in total. The van der Waals surface area contributed by atoms with Crippen LogP contribution in [0, 0.1) is 0 Å². The van der Waals surface area contributed by atoms with Gasteiger partial charge in [-0.25, -0.2) is 0 Å². The van der Waals surface area contributed by atoms with Crippen molar-refractivity contribution in [2.24, 2.45) is 5.73 Å². The Morgan fingerprint density at radius 1 is 1.33 bits per heavy atom. The summed E-state index contributed by atoms with van der Waals surface area (Å²) in [5.74, 6) is -0.226. The number of anilines is 1. The van der Waals surface area contributed by atoms with Crippen molar-refractivity contribution in [3.8, 4) is 0 Å². The summed E-state index contributed by atoms with van der Waals surface area (Å²) >= 11 is 8.21. The van der Waals surface area contributed by atoms with E-state index in [0.717, 1.165) is 13.8 Å². The lowest BCUT2D eigenvalue weighted by Gasteiger charge is -2.12. The summed E-state index contributed by atoms with van der Waals surface area (Å²) in [7, 11) is 0. The number of hydrogen-bond acceptors (Lipinski definition) is 3. The van der Waals surface area contributed by atoms with Gasteiger partial charge in [-0.3, -0.25) is 4.79 Å². The third kappa shape index (κ3) is 3.20. The fraction of sp³-hybridized carbons (Fsp3) is 0.0833. The van der Waals surface area contributed by atoms with Crippen molar-refractivity contribution in [2.45, 2.75) is 6.04 Å². The zero-order valence-corrected chi connectivity index (χ0v) is 13.2. The van der Waals surface area contributed by atoms with Crippen molar-refractivity contribution in [2.75, 3.05) is 5.32 Å². The van der Waals surface area contributed by atoms with Crippen molar-refractivity contribution in [1.82, 2.24) is 0 Å². The van der Waals surface area contributed by atoms with Crippen LogP contribution in [0.5, 0.6) is 0 Å². The highest BCUT2D eigenvalue weighted by Crippen LogP contribution is 2.27. The summed E-state index contributed by atoms with van der Waals surface area (Å²) < 4.78 is 1.71. The standard InChI is InChI=1S/C12H10Br2N2OS/c13-7-3-4-8(14)9(6-7)16-12(17)11(15)10-2-1-5-18-10/h1-6,11H,15H2,(H,16,17). The fourth-order valence-electron chi connectivity index (χ4n) is 1.40. The number of benzene rings is 1. The summed E-state index contributed by atoms with van der Waals surface area (Å²) in [4.78, 5) is 12.9.